The van der Waals surface area contributed by atoms with Gasteiger partial charge in [-0.3, -0.25) is 9.59 Å². The van der Waals surface area contributed by atoms with Gasteiger partial charge in [0.15, 0.2) is 0 Å². The second-order valence-corrected chi connectivity index (χ2v) is 9.09. The summed E-state index contributed by atoms with van der Waals surface area (Å²) in [5.74, 6) is 0.303. The number of nitrogens with one attached hydrogen (secondary N) is 2. The van der Waals surface area contributed by atoms with Gasteiger partial charge in [0.05, 0.1) is 33.0 Å². The molecule has 0 bridgehead atoms. The molecule has 1 amide bonds. The van der Waals surface area contributed by atoms with Crippen LogP contribution in [-0.2, 0) is 19.1 Å². The van der Waals surface area contributed by atoms with E-state index in [9.17, 15) is 9.59 Å². The summed E-state index contributed by atoms with van der Waals surface area (Å²) in [7, 11) is 0. The van der Waals surface area contributed by atoms with Crippen LogP contribution in [0.5, 0.6) is 0 Å². The summed E-state index contributed by atoms with van der Waals surface area (Å²) in [6.07, 6.45) is 2.05. The minimum Gasteiger partial charge on any atom is -0.378 e. The monoisotopic (exact) mass is 372 g/mol. The molecule has 0 aromatic carbocycles. The molecular weight excluding hydrogens is 332 g/mol. The molecule has 0 aromatic heterocycles. The third-order valence-corrected chi connectivity index (χ3v) is 3.53. The van der Waals surface area contributed by atoms with Crippen molar-refractivity contribution in [3.8, 4) is 0 Å². The second kappa shape index (κ2) is 13.2. The van der Waals surface area contributed by atoms with Crippen LogP contribution in [-0.4, -0.2) is 57.8 Å². The molecule has 0 aliphatic heterocycles. The minimum atomic E-state index is 0.00399. The Kier molecular flexibility index (Phi) is 12.7. The van der Waals surface area contributed by atoms with Crippen molar-refractivity contribution in [2.24, 2.45) is 10.8 Å². The highest BCUT2D eigenvalue weighted by molar-refractivity contribution is 5.80. The number of amides is 1. The maximum absolute atomic E-state index is 11.7. The van der Waals surface area contributed by atoms with Gasteiger partial charge in [0.1, 0.15) is 5.78 Å². The van der Waals surface area contributed by atoms with E-state index in [1.807, 2.05) is 20.8 Å². The van der Waals surface area contributed by atoms with Crippen molar-refractivity contribution < 1.29 is 19.1 Å². The van der Waals surface area contributed by atoms with Crippen molar-refractivity contribution in [2.75, 3.05) is 46.1 Å². The van der Waals surface area contributed by atoms with Crippen molar-refractivity contribution in [3.05, 3.63) is 0 Å². The van der Waals surface area contributed by atoms with E-state index in [1.165, 1.54) is 0 Å². The summed E-state index contributed by atoms with van der Waals surface area (Å²) in [6.45, 7) is 16.2. The number of hydrogen-bond acceptors (Lipinski definition) is 5. The molecule has 0 aromatic rings. The van der Waals surface area contributed by atoms with Crippen molar-refractivity contribution >= 4 is 11.7 Å². The van der Waals surface area contributed by atoms with Gasteiger partial charge in [0.25, 0.3) is 0 Å². The van der Waals surface area contributed by atoms with Crippen LogP contribution < -0.4 is 10.6 Å². The average Bonchev–Trinajstić information content (AvgIpc) is 2.48. The Morgan fingerprint density at radius 2 is 1.38 bits per heavy atom. The Hall–Kier alpha value is -0.980. The molecule has 0 heterocycles. The first-order valence-corrected chi connectivity index (χ1v) is 9.64. The molecule has 0 rings (SSSR count). The summed E-state index contributed by atoms with van der Waals surface area (Å²) in [4.78, 5) is 23.3. The van der Waals surface area contributed by atoms with Gasteiger partial charge in [-0.05, 0) is 17.3 Å². The van der Waals surface area contributed by atoms with Crippen LogP contribution >= 0.6 is 0 Å². The van der Waals surface area contributed by atoms with Crippen LogP contribution in [0.25, 0.3) is 0 Å². The van der Waals surface area contributed by atoms with E-state index >= 15 is 0 Å². The maximum Gasteiger partial charge on any atom is 0.220 e. The summed E-state index contributed by atoms with van der Waals surface area (Å²) in [5.41, 5.74) is 0.207. The van der Waals surface area contributed by atoms with Gasteiger partial charge < -0.3 is 20.1 Å². The fourth-order valence-corrected chi connectivity index (χ4v) is 2.10. The maximum atomic E-state index is 11.7. The minimum absolute atomic E-state index is 0.00399. The highest BCUT2D eigenvalue weighted by Gasteiger charge is 2.15. The molecule has 0 spiro atoms. The largest absolute Gasteiger partial charge is 0.378 e. The smallest absolute Gasteiger partial charge is 0.220 e. The molecule has 0 aliphatic carbocycles. The molecule has 2 N–H and O–H groups in total. The number of rotatable bonds is 14. The standard InChI is InChI=1S/C20H40N2O4/c1-19(2,3)8-7-17(23)16-21-9-11-25-13-14-26-12-10-22-18(24)15-20(4,5)6/h21H,7-16H2,1-6H3,(H,22,24). The molecule has 0 saturated heterocycles. The lowest BCUT2D eigenvalue weighted by Gasteiger charge is -2.17. The lowest BCUT2D eigenvalue weighted by molar-refractivity contribution is -0.123. The summed E-state index contributed by atoms with van der Waals surface area (Å²) >= 11 is 0. The molecule has 0 saturated carbocycles. The number of hydrogen-bond donors (Lipinski definition) is 2. The number of carbonyl (C=O) groups is 2. The normalized spacial score (nSPS) is 12.2. The van der Waals surface area contributed by atoms with Gasteiger partial charge in [-0.15, -0.1) is 0 Å². The summed E-state index contributed by atoms with van der Waals surface area (Å²) in [6, 6.07) is 0. The van der Waals surface area contributed by atoms with Crippen molar-refractivity contribution in [2.45, 2.75) is 60.8 Å². The van der Waals surface area contributed by atoms with Gasteiger partial charge in [0.2, 0.25) is 5.91 Å². The van der Waals surface area contributed by atoms with Crippen LogP contribution in [0.15, 0.2) is 0 Å². The molecule has 6 nitrogen and oxygen atoms in total. The van der Waals surface area contributed by atoms with Gasteiger partial charge in [-0.2, -0.15) is 0 Å². The molecule has 6 heteroatoms. The van der Waals surface area contributed by atoms with Crippen molar-refractivity contribution in [1.29, 1.82) is 0 Å². The van der Waals surface area contributed by atoms with Crippen molar-refractivity contribution in [3.63, 3.8) is 0 Å². The van der Waals surface area contributed by atoms with E-state index in [4.69, 9.17) is 9.47 Å². The summed E-state index contributed by atoms with van der Waals surface area (Å²) in [5, 5.41) is 5.94. The predicted octanol–water partition coefficient (Wildman–Crippen LogP) is 2.56. The molecule has 0 unspecified atom stereocenters. The van der Waals surface area contributed by atoms with Crippen LogP contribution in [0, 0.1) is 10.8 Å². The molecule has 0 fully saturated rings. The Labute approximate surface area is 159 Å². The fraction of sp³-hybridized carbons (Fsp3) is 0.900. The lowest BCUT2D eigenvalue weighted by atomic mass is 9.89. The molecule has 0 atom stereocenters. The summed E-state index contributed by atoms with van der Waals surface area (Å²) < 4.78 is 10.8. The van der Waals surface area contributed by atoms with Crippen LogP contribution in [0.2, 0.25) is 0 Å². The third kappa shape index (κ3) is 19.3. The zero-order valence-corrected chi connectivity index (χ0v) is 17.7. The first kappa shape index (κ1) is 25.0. The zero-order chi connectivity index (χ0) is 20.1. The van der Waals surface area contributed by atoms with Gasteiger partial charge >= 0.3 is 0 Å². The van der Waals surface area contributed by atoms with E-state index in [0.29, 0.717) is 58.9 Å². The average molecular weight is 373 g/mol. The number of ether oxygens (including phenoxy) is 2. The lowest BCUT2D eigenvalue weighted by Crippen LogP contribution is -2.30. The quantitative estimate of drug-likeness (QED) is 0.458. The topological polar surface area (TPSA) is 76.7 Å². The number of carbonyl (C=O) groups excluding carboxylic acids is 2. The third-order valence-electron chi connectivity index (χ3n) is 3.53. The van der Waals surface area contributed by atoms with Crippen LogP contribution in [0.3, 0.4) is 0 Å². The SMILES string of the molecule is CC(C)(C)CCC(=O)CNCCOCCOCCNC(=O)CC(C)(C)C. The predicted molar refractivity (Wildman–Crippen MR) is 105 cm³/mol. The zero-order valence-electron chi connectivity index (χ0n) is 17.7. The van der Waals surface area contributed by atoms with E-state index in [1.54, 1.807) is 0 Å². The fourth-order valence-electron chi connectivity index (χ4n) is 2.10. The first-order chi connectivity index (χ1) is 12.0. The van der Waals surface area contributed by atoms with Gasteiger partial charge in [-0.1, -0.05) is 41.5 Å². The van der Waals surface area contributed by atoms with Crippen molar-refractivity contribution in [1.82, 2.24) is 10.6 Å². The van der Waals surface area contributed by atoms with E-state index in [0.717, 1.165) is 6.42 Å². The van der Waals surface area contributed by atoms with E-state index in [-0.39, 0.29) is 22.5 Å². The molecule has 0 aliphatic rings. The van der Waals surface area contributed by atoms with E-state index < -0.39 is 0 Å². The van der Waals surface area contributed by atoms with E-state index in [2.05, 4.69) is 31.4 Å². The highest BCUT2D eigenvalue weighted by Crippen LogP contribution is 2.20. The highest BCUT2D eigenvalue weighted by atomic mass is 16.5. The van der Waals surface area contributed by atoms with Gasteiger partial charge in [-0.25, -0.2) is 0 Å². The Balaban J connectivity index is 3.34. The molecule has 26 heavy (non-hydrogen) atoms. The van der Waals surface area contributed by atoms with Gasteiger partial charge in [0, 0.05) is 25.9 Å². The molecular formula is C20H40N2O4. The number of Topliss-reactive ketones (excluding diaryl/α,β-unsaturated/α-hetero) is 1. The second-order valence-electron chi connectivity index (χ2n) is 9.09. The molecule has 0 radical (unpaired) electrons. The Morgan fingerprint density at radius 3 is 1.92 bits per heavy atom. The molecule has 154 valence electrons. The first-order valence-electron chi connectivity index (χ1n) is 9.64. The Bertz CT molecular complexity index is 398. The Morgan fingerprint density at radius 1 is 0.808 bits per heavy atom. The van der Waals surface area contributed by atoms with Crippen LogP contribution in [0.4, 0.5) is 0 Å². The number of ketones is 1. The van der Waals surface area contributed by atoms with Crippen LogP contribution in [0.1, 0.15) is 60.8 Å².